The molecule has 104 valence electrons. The van der Waals surface area contributed by atoms with Crippen molar-refractivity contribution in [2.24, 2.45) is 0 Å². The van der Waals surface area contributed by atoms with E-state index in [2.05, 4.69) is 22.5 Å². The minimum Gasteiger partial charge on any atom is -0.325 e. The predicted molar refractivity (Wildman–Crippen MR) is 80.8 cm³/mol. The third kappa shape index (κ3) is 4.23. The topological polar surface area (TPSA) is 44.4 Å². The van der Waals surface area contributed by atoms with E-state index < -0.39 is 0 Å². The molecule has 0 aromatic heterocycles. The lowest BCUT2D eigenvalue weighted by Crippen LogP contribution is -2.51. The van der Waals surface area contributed by atoms with Gasteiger partial charge in [-0.1, -0.05) is 0 Å². The Hall–Kier alpha value is -1.04. The maximum Gasteiger partial charge on any atom is 0.238 e. The summed E-state index contributed by atoms with van der Waals surface area (Å²) < 4.78 is 0. The molecule has 1 aliphatic heterocycles. The van der Waals surface area contributed by atoms with Gasteiger partial charge in [-0.3, -0.25) is 9.69 Å². The van der Waals surface area contributed by atoms with Gasteiger partial charge >= 0.3 is 0 Å². The van der Waals surface area contributed by atoms with Gasteiger partial charge in [0.05, 0.1) is 6.54 Å². The van der Waals surface area contributed by atoms with E-state index in [9.17, 15) is 4.79 Å². The normalized spacial score (nSPS) is 20.2. The molecule has 1 heterocycles. The Morgan fingerprint density at radius 2 is 2.21 bits per heavy atom. The first kappa shape index (κ1) is 14.4. The fourth-order valence-electron chi connectivity index (χ4n) is 2.18. The highest BCUT2D eigenvalue weighted by Crippen LogP contribution is 2.17. The van der Waals surface area contributed by atoms with Gasteiger partial charge in [0.25, 0.3) is 0 Å². The lowest BCUT2D eigenvalue weighted by atomic mass is 10.2. The van der Waals surface area contributed by atoms with Crippen LogP contribution in [0.15, 0.2) is 29.2 Å². The number of rotatable bonds is 4. The zero-order valence-corrected chi connectivity index (χ0v) is 12.3. The molecular formula is C14H21N3OS. The molecule has 1 aliphatic rings. The van der Waals surface area contributed by atoms with Crippen LogP contribution >= 0.6 is 11.8 Å². The van der Waals surface area contributed by atoms with Crippen LogP contribution < -0.4 is 10.6 Å². The van der Waals surface area contributed by atoms with Crippen molar-refractivity contribution in [1.29, 1.82) is 0 Å². The summed E-state index contributed by atoms with van der Waals surface area (Å²) in [4.78, 5) is 15.4. The molecule has 19 heavy (non-hydrogen) atoms. The van der Waals surface area contributed by atoms with Crippen molar-refractivity contribution in [2.75, 3.05) is 37.8 Å². The van der Waals surface area contributed by atoms with Crippen LogP contribution in [-0.2, 0) is 4.79 Å². The number of hydrogen-bond donors (Lipinski definition) is 2. The molecule has 4 nitrogen and oxygen atoms in total. The van der Waals surface area contributed by atoms with E-state index in [-0.39, 0.29) is 5.91 Å². The van der Waals surface area contributed by atoms with Crippen LogP contribution in [0.2, 0.25) is 0 Å². The molecule has 1 atom stereocenters. The van der Waals surface area contributed by atoms with E-state index in [0.717, 1.165) is 25.3 Å². The molecule has 1 fully saturated rings. The maximum atomic E-state index is 12.0. The number of amides is 1. The van der Waals surface area contributed by atoms with E-state index in [1.165, 1.54) is 4.90 Å². The molecule has 1 aromatic carbocycles. The molecule has 0 spiro atoms. The molecule has 0 bridgehead atoms. The molecule has 1 amide bonds. The predicted octanol–water partition coefficient (Wildman–Crippen LogP) is 1.64. The van der Waals surface area contributed by atoms with Gasteiger partial charge < -0.3 is 10.6 Å². The highest BCUT2D eigenvalue weighted by atomic mass is 32.2. The Bertz CT molecular complexity index is 421. The summed E-state index contributed by atoms with van der Waals surface area (Å²) in [5.41, 5.74) is 0.866. The third-order valence-corrected chi connectivity index (χ3v) is 4.10. The summed E-state index contributed by atoms with van der Waals surface area (Å²) in [5, 5.41) is 6.28. The Labute approximate surface area is 118 Å². The second kappa shape index (κ2) is 6.93. The minimum atomic E-state index is 0.0608. The monoisotopic (exact) mass is 279 g/mol. The summed E-state index contributed by atoms with van der Waals surface area (Å²) in [5.74, 6) is 0.0608. The molecule has 1 saturated heterocycles. The van der Waals surface area contributed by atoms with Crippen LogP contribution in [0.5, 0.6) is 0 Å². The van der Waals surface area contributed by atoms with Crippen LogP contribution in [-0.4, -0.2) is 49.3 Å². The lowest BCUT2D eigenvalue weighted by molar-refractivity contribution is -0.118. The zero-order valence-electron chi connectivity index (χ0n) is 11.5. The number of anilines is 1. The highest BCUT2D eigenvalue weighted by molar-refractivity contribution is 7.98. The summed E-state index contributed by atoms with van der Waals surface area (Å²) in [6.07, 6.45) is 2.04. The Morgan fingerprint density at radius 1 is 1.47 bits per heavy atom. The summed E-state index contributed by atoms with van der Waals surface area (Å²) in [6.45, 7) is 5.45. The molecule has 0 aliphatic carbocycles. The molecule has 5 heteroatoms. The van der Waals surface area contributed by atoms with Crippen LogP contribution in [0.25, 0.3) is 0 Å². The first-order chi connectivity index (χ1) is 9.19. The van der Waals surface area contributed by atoms with Gasteiger partial charge in [0.1, 0.15) is 0 Å². The smallest absolute Gasteiger partial charge is 0.238 e. The number of benzene rings is 1. The van der Waals surface area contributed by atoms with E-state index in [1.807, 2.05) is 30.5 Å². The van der Waals surface area contributed by atoms with Crippen molar-refractivity contribution in [3.63, 3.8) is 0 Å². The number of nitrogens with zero attached hydrogens (tertiary/aromatic N) is 1. The van der Waals surface area contributed by atoms with E-state index in [1.54, 1.807) is 11.8 Å². The quantitative estimate of drug-likeness (QED) is 0.823. The summed E-state index contributed by atoms with van der Waals surface area (Å²) in [7, 11) is 0. The average molecular weight is 279 g/mol. The molecule has 2 rings (SSSR count). The average Bonchev–Trinajstić information content (AvgIpc) is 2.42. The Morgan fingerprint density at radius 3 is 2.84 bits per heavy atom. The molecule has 0 radical (unpaired) electrons. The van der Waals surface area contributed by atoms with Crippen molar-refractivity contribution in [3.8, 4) is 0 Å². The number of piperazine rings is 1. The van der Waals surface area contributed by atoms with Crippen molar-refractivity contribution in [2.45, 2.75) is 17.9 Å². The SMILES string of the molecule is CSc1ccc(NC(=O)CN2CCNC[C@H]2C)cc1. The van der Waals surface area contributed by atoms with E-state index in [0.29, 0.717) is 12.6 Å². The third-order valence-electron chi connectivity index (χ3n) is 3.36. The number of carbonyl (C=O) groups is 1. The molecule has 2 N–H and O–H groups in total. The minimum absolute atomic E-state index is 0.0608. The standard InChI is InChI=1S/C14H21N3OS/c1-11-9-15-7-8-17(11)10-14(18)16-12-3-5-13(19-2)6-4-12/h3-6,11,15H,7-10H2,1-2H3,(H,16,18)/t11-/m1/s1. The second-order valence-electron chi connectivity index (χ2n) is 4.80. The van der Waals surface area contributed by atoms with Gasteiger partial charge in [0.2, 0.25) is 5.91 Å². The van der Waals surface area contributed by atoms with Crippen LogP contribution in [0.1, 0.15) is 6.92 Å². The largest absolute Gasteiger partial charge is 0.325 e. The van der Waals surface area contributed by atoms with Crippen molar-refractivity contribution < 1.29 is 4.79 Å². The maximum absolute atomic E-state index is 12.0. The lowest BCUT2D eigenvalue weighted by Gasteiger charge is -2.33. The number of thioether (sulfide) groups is 1. The Kier molecular flexibility index (Phi) is 5.24. The van der Waals surface area contributed by atoms with Gasteiger partial charge in [0, 0.05) is 36.3 Å². The van der Waals surface area contributed by atoms with Crippen LogP contribution in [0.3, 0.4) is 0 Å². The molecule has 0 unspecified atom stereocenters. The van der Waals surface area contributed by atoms with Gasteiger partial charge in [-0.25, -0.2) is 0 Å². The van der Waals surface area contributed by atoms with E-state index in [4.69, 9.17) is 0 Å². The first-order valence-corrected chi connectivity index (χ1v) is 7.80. The Balaban J connectivity index is 1.86. The van der Waals surface area contributed by atoms with Crippen molar-refractivity contribution >= 4 is 23.4 Å². The van der Waals surface area contributed by atoms with E-state index >= 15 is 0 Å². The number of nitrogens with one attached hydrogen (secondary N) is 2. The summed E-state index contributed by atoms with van der Waals surface area (Å²) in [6, 6.07) is 8.36. The second-order valence-corrected chi connectivity index (χ2v) is 5.68. The fourth-order valence-corrected chi connectivity index (χ4v) is 2.59. The van der Waals surface area contributed by atoms with Gasteiger partial charge in [-0.2, -0.15) is 0 Å². The van der Waals surface area contributed by atoms with Gasteiger partial charge in [0.15, 0.2) is 0 Å². The highest BCUT2D eigenvalue weighted by Gasteiger charge is 2.20. The summed E-state index contributed by atoms with van der Waals surface area (Å²) >= 11 is 1.70. The number of carbonyl (C=O) groups excluding carboxylic acids is 1. The number of hydrogen-bond acceptors (Lipinski definition) is 4. The van der Waals surface area contributed by atoms with Gasteiger partial charge in [-0.15, -0.1) is 11.8 Å². The zero-order chi connectivity index (χ0) is 13.7. The van der Waals surface area contributed by atoms with Crippen molar-refractivity contribution in [1.82, 2.24) is 10.2 Å². The first-order valence-electron chi connectivity index (χ1n) is 6.57. The van der Waals surface area contributed by atoms with Crippen LogP contribution in [0, 0.1) is 0 Å². The fraction of sp³-hybridized carbons (Fsp3) is 0.500. The van der Waals surface area contributed by atoms with Crippen LogP contribution in [0.4, 0.5) is 5.69 Å². The van der Waals surface area contributed by atoms with Gasteiger partial charge in [-0.05, 0) is 37.4 Å². The molecular weight excluding hydrogens is 258 g/mol. The van der Waals surface area contributed by atoms with Crippen molar-refractivity contribution in [3.05, 3.63) is 24.3 Å². The molecule has 0 saturated carbocycles. The molecule has 1 aromatic rings.